The Morgan fingerprint density at radius 3 is 3.00 bits per heavy atom. The van der Waals surface area contributed by atoms with E-state index < -0.39 is 5.54 Å². The smallest absolute Gasteiger partial charge is 0.309 e. The van der Waals surface area contributed by atoms with Crippen LogP contribution in [0, 0.1) is 18.3 Å². The monoisotopic (exact) mass is 234 g/mol. The fraction of sp³-hybridized carbons (Fsp3) is 0.692. The van der Waals surface area contributed by atoms with Crippen molar-refractivity contribution in [1.82, 2.24) is 10.2 Å². The Hall–Kier alpha value is -1.50. The van der Waals surface area contributed by atoms with Gasteiger partial charge in [0.1, 0.15) is 5.54 Å². The van der Waals surface area contributed by atoms with Crippen LogP contribution in [0.1, 0.15) is 39.0 Å². The molecule has 0 bridgehead atoms. The number of hydrogen-bond donors (Lipinski definition) is 1. The average molecular weight is 234 g/mol. The van der Waals surface area contributed by atoms with Crippen LogP contribution in [0.5, 0.6) is 0 Å². The number of nitrogens with zero attached hydrogens (tertiary/aromatic N) is 1. The van der Waals surface area contributed by atoms with Gasteiger partial charge in [-0.25, -0.2) is 4.79 Å². The maximum Gasteiger partial charge on any atom is 0.325 e. The summed E-state index contributed by atoms with van der Waals surface area (Å²) in [6, 6.07) is -0.278. The summed E-state index contributed by atoms with van der Waals surface area (Å²) in [5.41, 5.74) is -0.619. The third kappa shape index (κ3) is 1.90. The highest BCUT2D eigenvalue weighted by atomic mass is 16.2. The Bertz CT molecular complexity index is 385. The predicted octanol–water partition coefficient (Wildman–Crippen LogP) is 1.51. The van der Waals surface area contributed by atoms with E-state index in [-0.39, 0.29) is 11.9 Å². The van der Waals surface area contributed by atoms with Gasteiger partial charge in [0.15, 0.2) is 0 Å². The summed E-state index contributed by atoms with van der Waals surface area (Å²) in [7, 11) is 0. The van der Waals surface area contributed by atoms with E-state index in [0.29, 0.717) is 18.9 Å². The Balaban J connectivity index is 2.24. The van der Waals surface area contributed by atoms with E-state index in [2.05, 4.69) is 18.2 Å². The molecule has 2 atom stereocenters. The summed E-state index contributed by atoms with van der Waals surface area (Å²) in [5, 5.41) is 2.44. The zero-order valence-corrected chi connectivity index (χ0v) is 10.2. The largest absolute Gasteiger partial charge is 0.325 e. The number of rotatable bonds is 2. The molecule has 17 heavy (non-hydrogen) atoms. The van der Waals surface area contributed by atoms with Crippen molar-refractivity contribution in [3.05, 3.63) is 0 Å². The second-order valence-electron chi connectivity index (χ2n) is 5.10. The highest BCUT2D eigenvalue weighted by Crippen LogP contribution is 2.39. The van der Waals surface area contributed by atoms with Gasteiger partial charge in [-0.3, -0.25) is 10.1 Å². The van der Waals surface area contributed by atoms with E-state index in [0.717, 1.165) is 25.7 Å². The van der Waals surface area contributed by atoms with Crippen molar-refractivity contribution < 1.29 is 9.59 Å². The SMILES string of the molecule is C#CCCN1C(=O)NC(=O)C12CCCC(C)C2. The van der Waals surface area contributed by atoms with E-state index in [9.17, 15) is 9.59 Å². The molecule has 2 aliphatic rings. The maximum absolute atomic E-state index is 12.1. The fourth-order valence-corrected chi connectivity index (χ4v) is 3.06. The Kier molecular flexibility index (Phi) is 3.10. The number of carbonyl (C=O) groups excluding carboxylic acids is 2. The van der Waals surface area contributed by atoms with Gasteiger partial charge in [0, 0.05) is 13.0 Å². The molecule has 1 saturated carbocycles. The maximum atomic E-state index is 12.1. The zero-order chi connectivity index (χ0) is 12.5. The average Bonchev–Trinajstić information content (AvgIpc) is 2.49. The predicted molar refractivity (Wildman–Crippen MR) is 64.1 cm³/mol. The van der Waals surface area contributed by atoms with Crippen LogP contribution >= 0.6 is 0 Å². The van der Waals surface area contributed by atoms with Crippen LogP contribution in [0.2, 0.25) is 0 Å². The minimum atomic E-state index is -0.619. The minimum absolute atomic E-state index is 0.133. The molecule has 1 saturated heterocycles. The second kappa shape index (κ2) is 4.40. The third-order valence-corrected chi connectivity index (χ3v) is 3.86. The molecule has 0 aromatic carbocycles. The molecule has 4 heteroatoms. The van der Waals surface area contributed by atoms with Crippen molar-refractivity contribution >= 4 is 11.9 Å². The summed E-state index contributed by atoms with van der Waals surface area (Å²) in [5.74, 6) is 2.88. The zero-order valence-electron chi connectivity index (χ0n) is 10.2. The first-order chi connectivity index (χ1) is 8.10. The number of hydrogen-bond acceptors (Lipinski definition) is 2. The van der Waals surface area contributed by atoms with Crippen molar-refractivity contribution in [2.24, 2.45) is 5.92 Å². The van der Waals surface area contributed by atoms with E-state index in [1.54, 1.807) is 4.90 Å². The van der Waals surface area contributed by atoms with Crippen LogP contribution in [0.25, 0.3) is 0 Å². The molecule has 1 N–H and O–H groups in total. The molecular weight excluding hydrogens is 216 g/mol. The third-order valence-electron chi connectivity index (χ3n) is 3.86. The highest BCUT2D eigenvalue weighted by molar-refractivity contribution is 6.07. The molecule has 1 spiro atoms. The molecule has 2 fully saturated rings. The Morgan fingerprint density at radius 1 is 1.59 bits per heavy atom. The van der Waals surface area contributed by atoms with Crippen molar-refractivity contribution in [3.8, 4) is 12.3 Å². The molecule has 0 aromatic heterocycles. The second-order valence-corrected chi connectivity index (χ2v) is 5.10. The van der Waals surface area contributed by atoms with Crippen LogP contribution in [0.3, 0.4) is 0 Å². The molecule has 3 amide bonds. The number of terminal acetylenes is 1. The molecule has 4 nitrogen and oxygen atoms in total. The number of imide groups is 1. The summed E-state index contributed by atoms with van der Waals surface area (Å²) >= 11 is 0. The van der Waals surface area contributed by atoms with Crippen molar-refractivity contribution in [3.63, 3.8) is 0 Å². The van der Waals surface area contributed by atoms with Gasteiger partial charge >= 0.3 is 6.03 Å². The van der Waals surface area contributed by atoms with Gasteiger partial charge in [-0.15, -0.1) is 12.3 Å². The molecule has 1 aliphatic heterocycles. The van der Waals surface area contributed by atoms with Gasteiger partial charge in [0.2, 0.25) is 0 Å². The summed E-state index contributed by atoms with van der Waals surface area (Å²) in [4.78, 5) is 25.5. The van der Waals surface area contributed by atoms with E-state index in [4.69, 9.17) is 6.42 Å². The van der Waals surface area contributed by atoms with E-state index in [1.807, 2.05) is 0 Å². The lowest BCUT2D eigenvalue weighted by Crippen LogP contribution is -2.52. The first-order valence-corrected chi connectivity index (χ1v) is 6.16. The lowest BCUT2D eigenvalue weighted by atomic mass is 9.75. The Labute approximate surface area is 102 Å². The van der Waals surface area contributed by atoms with Gasteiger partial charge in [-0.05, 0) is 18.8 Å². The molecule has 2 rings (SSSR count). The minimum Gasteiger partial charge on any atom is -0.309 e. The number of nitrogens with one attached hydrogen (secondary N) is 1. The molecule has 2 unspecified atom stereocenters. The standard InChI is InChI=1S/C13H18N2O2/c1-3-4-8-15-12(17)14-11(16)13(15)7-5-6-10(2)9-13/h1,10H,4-9H2,2H3,(H,14,16,17). The number of urea groups is 1. The Morgan fingerprint density at radius 2 is 2.35 bits per heavy atom. The van der Waals surface area contributed by atoms with Gasteiger partial charge in [0.25, 0.3) is 5.91 Å². The lowest BCUT2D eigenvalue weighted by molar-refractivity contribution is -0.129. The van der Waals surface area contributed by atoms with Crippen molar-refractivity contribution in [2.75, 3.05) is 6.54 Å². The van der Waals surface area contributed by atoms with Gasteiger partial charge < -0.3 is 4.90 Å². The number of amides is 3. The van der Waals surface area contributed by atoms with Crippen LogP contribution in [-0.4, -0.2) is 28.9 Å². The first-order valence-electron chi connectivity index (χ1n) is 6.16. The van der Waals surface area contributed by atoms with Crippen LogP contribution in [0.15, 0.2) is 0 Å². The highest BCUT2D eigenvalue weighted by Gasteiger charge is 2.53. The van der Waals surface area contributed by atoms with E-state index >= 15 is 0 Å². The van der Waals surface area contributed by atoms with Gasteiger partial charge in [-0.1, -0.05) is 19.8 Å². The lowest BCUT2D eigenvalue weighted by Gasteiger charge is -2.40. The van der Waals surface area contributed by atoms with E-state index in [1.165, 1.54) is 0 Å². The molecular formula is C13H18N2O2. The van der Waals surface area contributed by atoms with Crippen LogP contribution in [0.4, 0.5) is 4.79 Å². The molecule has 1 heterocycles. The first kappa shape index (κ1) is 12.0. The van der Waals surface area contributed by atoms with Crippen molar-refractivity contribution in [1.29, 1.82) is 0 Å². The summed E-state index contributed by atoms with van der Waals surface area (Å²) in [6.45, 7) is 2.61. The molecule has 0 radical (unpaired) electrons. The van der Waals surface area contributed by atoms with Crippen LogP contribution < -0.4 is 5.32 Å². The fourth-order valence-electron chi connectivity index (χ4n) is 3.06. The van der Waals surface area contributed by atoms with Crippen molar-refractivity contribution in [2.45, 2.75) is 44.6 Å². The molecule has 92 valence electrons. The normalized spacial score (nSPS) is 32.7. The van der Waals surface area contributed by atoms with Crippen LogP contribution in [-0.2, 0) is 4.79 Å². The molecule has 1 aliphatic carbocycles. The topological polar surface area (TPSA) is 49.4 Å². The van der Waals surface area contributed by atoms with Gasteiger partial charge in [0.05, 0.1) is 0 Å². The van der Waals surface area contributed by atoms with Gasteiger partial charge in [-0.2, -0.15) is 0 Å². The summed E-state index contributed by atoms with van der Waals surface area (Å²) in [6.07, 6.45) is 9.38. The molecule has 0 aromatic rings. The summed E-state index contributed by atoms with van der Waals surface area (Å²) < 4.78 is 0. The quantitative estimate of drug-likeness (QED) is 0.581. The number of carbonyl (C=O) groups is 2.